The van der Waals surface area contributed by atoms with E-state index in [0.717, 1.165) is 5.56 Å². The van der Waals surface area contributed by atoms with Gasteiger partial charge in [-0.1, -0.05) is 24.3 Å². The minimum absolute atomic E-state index is 0.0431. The highest BCUT2D eigenvalue weighted by molar-refractivity contribution is 5.90. The summed E-state index contributed by atoms with van der Waals surface area (Å²) in [6.07, 6.45) is -4.80. The van der Waals surface area contributed by atoms with E-state index < -0.39 is 29.3 Å². The Labute approximate surface area is 138 Å². The van der Waals surface area contributed by atoms with Crippen LogP contribution in [0, 0.1) is 6.92 Å². The van der Waals surface area contributed by atoms with Crippen molar-refractivity contribution in [1.82, 2.24) is 0 Å². The lowest BCUT2D eigenvalue weighted by molar-refractivity contribution is -0.162. The first-order valence-electron chi connectivity index (χ1n) is 7.15. The van der Waals surface area contributed by atoms with Gasteiger partial charge in [-0.3, -0.25) is 0 Å². The van der Waals surface area contributed by atoms with Crippen molar-refractivity contribution in [2.24, 2.45) is 0 Å². The van der Waals surface area contributed by atoms with Crippen molar-refractivity contribution >= 4 is 11.9 Å². The van der Waals surface area contributed by atoms with Gasteiger partial charge in [-0.15, -0.1) is 0 Å². The molecule has 0 heterocycles. The van der Waals surface area contributed by atoms with Crippen molar-refractivity contribution in [1.29, 1.82) is 0 Å². The summed E-state index contributed by atoms with van der Waals surface area (Å²) in [5.74, 6) is -2.10. The number of rotatable bonds is 6. The fourth-order valence-corrected chi connectivity index (χ4v) is 1.64. The van der Waals surface area contributed by atoms with E-state index in [1.54, 1.807) is 24.3 Å². The lowest BCUT2D eigenvalue weighted by atomic mass is 10.1. The van der Waals surface area contributed by atoms with Gasteiger partial charge in [0.05, 0.1) is 12.2 Å². The van der Waals surface area contributed by atoms with Gasteiger partial charge in [0.2, 0.25) is 0 Å². The highest BCUT2D eigenvalue weighted by Gasteiger charge is 2.39. The molecule has 0 aliphatic heterocycles. The average Bonchev–Trinajstić information content (AvgIpc) is 2.45. The third-order valence-corrected chi connectivity index (χ3v) is 3.18. The Hall–Kier alpha value is -2.31. The SMILES string of the molecule is C=C(C(=O)OC(C)(C)CCOC(=O)c1ccc(C)cc1)C(F)(F)F. The lowest BCUT2D eigenvalue weighted by Crippen LogP contribution is -2.33. The van der Waals surface area contributed by atoms with Crippen LogP contribution < -0.4 is 0 Å². The average molecular weight is 344 g/mol. The van der Waals surface area contributed by atoms with Crippen LogP contribution in [0.25, 0.3) is 0 Å². The molecule has 0 N–H and O–H groups in total. The molecule has 0 fully saturated rings. The summed E-state index contributed by atoms with van der Waals surface area (Å²) in [7, 11) is 0. The topological polar surface area (TPSA) is 52.6 Å². The zero-order valence-corrected chi connectivity index (χ0v) is 13.7. The van der Waals surface area contributed by atoms with E-state index in [1.165, 1.54) is 13.8 Å². The van der Waals surface area contributed by atoms with Gasteiger partial charge >= 0.3 is 18.1 Å². The number of halogens is 3. The number of aryl methyl sites for hydroxylation is 1. The third kappa shape index (κ3) is 6.06. The van der Waals surface area contributed by atoms with Crippen molar-refractivity contribution in [3.05, 3.63) is 47.5 Å². The quantitative estimate of drug-likeness (QED) is 0.578. The van der Waals surface area contributed by atoms with Gasteiger partial charge in [0.25, 0.3) is 0 Å². The first-order chi connectivity index (χ1) is 10.9. The monoisotopic (exact) mass is 344 g/mol. The second-order valence-electron chi connectivity index (χ2n) is 5.88. The summed E-state index contributed by atoms with van der Waals surface area (Å²) in [5.41, 5.74) is -1.46. The number of alkyl halides is 3. The first kappa shape index (κ1) is 19.7. The van der Waals surface area contributed by atoms with Crippen LogP contribution in [0.2, 0.25) is 0 Å². The highest BCUT2D eigenvalue weighted by Crippen LogP contribution is 2.27. The molecule has 132 valence electrons. The fraction of sp³-hybridized carbons (Fsp3) is 0.412. The molecule has 0 aliphatic carbocycles. The molecule has 4 nitrogen and oxygen atoms in total. The number of benzene rings is 1. The smallest absolute Gasteiger partial charge is 0.422 e. The first-order valence-corrected chi connectivity index (χ1v) is 7.15. The minimum Gasteiger partial charge on any atom is -0.462 e. The summed E-state index contributed by atoms with van der Waals surface area (Å²) in [4.78, 5) is 23.2. The van der Waals surface area contributed by atoms with E-state index in [1.807, 2.05) is 6.92 Å². The second kappa shape index (κ2) is 7.51. The summed E-state index contributed by atoms with van der Waals surface area (Å²) in [6, 6.07) is 6.72. The molecule has 7 heteroatoms. The van der Waals surface area contributed by atoms with E-state index in [0.29, 0.717) is 5.56 Å². The van der Waals surface area contributed by atoms with Crippen LogP contribution in [0.4, 0.5) is 13.2 Å². The van der Waals surface area contributed by atoms with Gasteiger partial charge in [-0.05, 0) is 32.9 Å². The molecule has 24 heavy (non-hydrogen) atoms. The van der Waals surface area contributed by atoms with Gasteiger partial charge in [-0.2, -0.15) is 13.2 Å². The van der Waals surface area contributed by atoms with Gasteiger partial charge in [0.1, 0.15) is 11.2 Å². The summed E-state index contributed by atoms with van der Waals surface area (Å²) in [6.45, 7) is 7.30. The number of esters is 2. The molecule has 0 aliphatic rings. The van der Waals surface area contributed by atoms with Crippen LogP contribution in [0.3, 0.4) is 0 Å². The van der Waals surface area contributed by atoms with Crippen LogP contribution in [0.1, 0.15) is 36.2 Å². The predicted molar refractivity (Wildman–Crippen MR) is 81.4 cm³/mol. The Morgan fingerprint density at radius 1 is 1.12 bits per heavy atom. The summed E-state index contributed by atoms with van der Waals surface area (Å²) < 4.78 is 47.0. The lowest BCUT2D eigenvalue weighted by Gasteiger charge is -2.25. The maximum atomic E-state index is 12.4. The molecule has 0 bridgehead atoms. The third-order valence-electron chi connectivity index (χ3n) is 3.18. The van der Waals surface area contributed by atoms with Crippen LogP contribution in [0.15, 0.2) is 36.4 Å². The van der Waals surface area contributed by atoms with Gasteiger partial charge in [0.15, 0.2) is 0 Å². The molecule has 0 amide bonds. The molecule has 1 aromatic carbocycles. The molecule has 0 aromatic heterocycles. The van der Waals surface area contributed by atoms with Crippen molar-refractivity contribution in [2.45, 2.75) is 39.0 Å². The Kier molecular flexibility index (Phi) is 6.17. The molecule has 0 spiro atoms. The Balaban J connectivity index is 2.50. The number of carbonyl (C=O) groups excluding carboxylic acids is 2. The molecule has 1 aromatic rings. The van der Waals surface area contributed by atoms with Crippen molar-refractivity contribution in [3.8, 4) is 0 Å². The molecule has 0 atom stereocenters. The van der Waals surface area contributed by atoms with Gasteiger partial charge in [-0.25, -0.2) is 9.59 Å². The van der Waals surface area contributed by atoms with E-state index in [2.05, 4.69) is 6.58 Å². The molecule has 0 saturated carbocycles. The second-order valence-corrected chi connectivity index (χ2v) is 5.88. The van der Waals surface area contributed by atoms with Crippen LogP contribution in [-0.2, 0) is 14.3 Å². The largest absolute Gasteiger partial charge is 0.462 e. The van der Waals surface area contributed by atoms with Gasteiger partial charge in [0, 0.05) is 6.42 Å². The Morgan fingerprint density at radius 3 is 2.17 bits per heavy atom. The van der Waals surface area contributed by atoms with Crippen LogP contribution >= 0.6 is 0 Å². The fourth-order valence-electron chi connectivity index (χ4n) is 1.64. The zero-order chi connectivity index (χ0) is 18.5. The summed E-state index contributed by atoms with van der Waals surface area (Å²) in [5, 5.41) is 0. The minimum atomic E-state index is -4.84. The highest BCUT2D eigenvalue weighted by atomic mass is 19.4. The van der Waals surface area contributed by atoms with E-state index in [-0.39, 0.29) is 13.0 Å². The van der Waals surface area contributed by atoms with Gasteiger partial charge < -0.3 is 9.47 Å². The Bertz CT molecular complexity index is 616. The Morgan fingerprint density at radius 2 is 1.67 bits per heavy atom. The standard InChI is InChI=1S/C17H19F3O4/c1-11-5-7-13(8-6-11)15(22)23-10-9-16(3,4)24-14(21)12(2)17(18,19)20/h5-8H,2,9-10H2,1,3-4H3. The predicted octanol–water partition coefficient (Wildman–Crippen LogP) is 3.98. The summed E-state index contributed by atoms with van der Waals surface area (Å²) >= 11 is 0. The van der Waals surface area contributed by atoms with Crippen LogP contribution in [0.5, 0.6) is 0 Å². The molecule has 0 radical (unpaired) electrons. The molecule has 0 saturated heterocycles. The number of carbonyl (C=O) groups is 2. The van der Waals surface area contributed by atoms with E-state index in [4.69, 9.17) is 9.47 Å². The normalized spacial score (nSPS) is 11.8. The molecular weight excluding hydrogens is 325 g/mol. The number of ether oxygens (including phenoxy) is 2. The maximum absolute atomic E-state index is 12.4. The maximum Gasteiger partial charge on any atom is 0.422 e. The van der Waals surface area contributed by atoms with E-state index in [9.17, 15) is 22.8 Å². The molecule has 0 unspecified atom stereocenters. The zero-order valence-electron chi connectivity index (χ0n) is 13.7. The van der Waals surface area contributed by atoms with Crippen LogP contribution in [-0.4, -0.2) is 30.3 Å². The van der Waals surface area contributed by atoms with Crippen molar-refractivity contribution in [3.63, 3.8) is 0 Å². The molecular formula is C17H19F3O4. The van der Waals surface area contributed by atoms with Crippen molar-refractivity contribution < 1.29 is 32.2 Å². The van der Waals surface area contributed by atoms with Crippen molar-refractivity contribution in [2.75, 3.05) is 6.61 Å². The number of hydrogen-bond acceptors (Lipinski definition) is 4. The molecule has 1 rings (SSSR count). The van der Waals surface area contributed by atoms with E-state index >= 15 is 0 Å². The number of hydrogen-bond donors (Lipinski definition) is 0.